The fraction of sp³-hybridized carbons (Fsp3) is 0.536. The summed E-state index contributed by atoms with van der Waals surface area (Å²) in [5, 5.41) is 0. The third kappa shape index (κ3) is 6.66. The molecule has 2 aromatic carbocycles. The van der Waals surface area contributed by atoms with Crippen molar-refractivity contribution in [1.29, 1.82) is 0 Å². The van der Waals surface area contributed by atoms with Crippen molar-refractivity contribution < 1.29 is 14.0 Å². The molecule has 0 aliphatic carbocycles. The summed E-state index contributed by atoms with van der Waals surface area (Å²) in [5.41, 5.74) is 8.40. The number of carbonyl (C=O) groups is 1. The van der Waals surface area contributed by atoms with E-state index in [2.05, 4.69) is 81.0 Å². The monoisotopic (exact) mass is 497 g/mol. The highest BCUT2D eigenvalue weighted by atomic mass is 28.3. The second kappa shape index (κ2) is 11.6. The number of amides is 1. The SMILES string of the molecule is CCOc1cc(N(C)[C@H](CN2CC[C@@H](C(C)(C)C)C2O[SiH](C)C)c2ccccc2)ccc1C(N)=O. The Labute approximate surface area is 213 Å². The van der Waals surface area contributed by atoms with Crippen LogP contribution in [0.5, 0.6) is 5.75 Å². The Morgan fingerprint density at radius 1 is 1.20 bits per heavy atom. The molecule has 3 rings (SSSR count). The van der Waals surface area contributed by atoms with Gasteiger partial charge >= 0.3 is 0 Å². The lowest BCUT2D eigenvalue weighted by Crippen LogP contribution is -2.45. The van der Waals surface area contributed by atoms with Crippen LogP contribution in [-0.4, -0.2) is 52.8 Å². The van der Waals surface area contributed by atoms with Crippen LogP contribution in [0.25, 0.3) is 0 Å². The second-order valence-corrected chi connectivity index (χ2v) is 13.2. The molecule has 7 heteroatoms. The molecule has 2 N–H and O–H groups in total. The number of hydrogen-bond acceptors (Lipinski definition) is 5. The molecule has 0 saturated carbocycles. The van der Waals surface area contributed by atoms with Crippen molar-refractivity contribution in [2.75, 3.05) is 31.6 Å². The van der Waals surface area contributed by atoms with Gasteiger partial charge in [-0.25, -0.2) is 0 Å². The number of rotatable bonds is 10. The molecule has 1 aliphatic heterocycles. The van der Waals surface area contributed by atoms with Gasteiger partial charge in [0.15, 0.2) is 9.04 Å². The third-order valence-corrected chi connectivity index (χ3v) is 7.78. The van der Waals surface area contributed by atoms with E-state index in [0.29, 0.717) is 23.8 Å². The lowest BCUT2D eigenvalue weighted by atomic mass is 9.79. The van der Waals surface area contributed by atoms with Crippen molar-refractivity contribution in [2.24, 2.45) is 17.1 Å². The van der Waals surface area contributed by atoms with Gasteiger partial charge in [-0.15, -0.1) is 0 Å². The number of nitrogens with two attached hydrogens (primary N) is 1. The van der Waals surface area contributed by atoms with Crippen molar-refractivity contribution in [3.63, 3.8) is 0 Å². The number of likely N-dealkylation sites (N-methyl/N-ethyl adjacent to an activating group) is 1. The lowest BCUT2D eigenvalue weighted by Gasteiger charge is -2.39. The first-order valence-electron chi connectivity index (χ1n) is 12.8. The summed E-state index contributed by atoms with van der Waals surface area (Å²) in [6.07, 6.45) is 1.28. The Hall–Kier alpha value is -2.35. The van der Waals surface area contributed by atoms with Crippen LogP contribution in [0.4, 0.5) is 5.69 Å². The number of carbonyl (C=O) groups excluding carboxylic acids is 1. The molecule has 1 unspecified atom stereocenters. The Kier molecular flexibility index (Phi) is 9.02. The van der Waals surface area contributed by atoms with Crippen LogP contribution in [0.2, 0.25) is 13.1 Å². The Balaban J connectivity index is 1.96. The van der Waals surface area contributed by atoms with Crippen LogP contribution in [0.1, 0.15) is 56.1 Å². The fourth-order valence-corrected chi connectivity index (χ4v) is 6.00. The summed E-state index contributed by atoms with van der Waals surface area (Å²) in [4.78, 5) is 16.7. The molecule has 1 saturated heterocycles. The Bertz CT molecular complexity index is 977. The van der Waals surface area contributed by atoms with Gasteiger partial charge in [0, 0.05) is 37.8 Å². The first kappa shape index (κ1) is 27.2. The normalized spacial score (nSPS) is 19.7. The molecule has 1 amide bonds. The summed E-state index contributed by atoms with van der Waals surface area (Å²) in [7, 11) is 0.887. The zero-order valence-electron chi connectivity index (χ0n) is 22.5. The van der Waals surface area contributed by atoms with E-state index < -0.39 is 14.9 Å². The van der Waals surface area contributed by atoms with Crippen LogP contribution in [0.15, 0.2) is 48.5 Å². The summed E-state index contributed by atoms with van der Waals surface area (Å²) in [6.45, 7) is 15.7. The number of ether oxygens (including phenoxy) is 1. The maximum Gasteiger partial charge on any atom is 0.252 e. The standard InChI is InChI=1S/C28H43N3O3Si/c1-8-33-25-18-21(14-15-22(25)26(29)32)30(5)24(20-12-10-9-11-13-20)19-31-17-16-23(28(2,3)4)27(31)34-35(6)7/h9-15,18,23-24,27,35H,8,16-17,19H2,1-7H3,(H2,29,32)/t23-,24-,27?/m1/s1. The van der Waals surface area contributed by atoms with Crippen LogP contribution in [0, 0.1) is 11.3 Å². The average molecular weight is 498 g/mol. The van der Waals surface area contributed by atoms with Gasteiger partial charge in [-0.2, -0.15) is 0 Å². The maximum atomic E-state index is 11.9. The van der Waals surface area contributed by atoms with Crippen LogP contribution in [0.3, 0.4) is 0 Å². The zero-order valence-corrected chi connectivity index (χ0v) is 23.6. The molecule has 0 bridgehead atoms. The molecule has 2 aromatic rings. The van der Waals surface area contributed by atoms with Crippen LogP contribution in [-0.2, 0) is 4.43 Å². The van der Waals surface area contributed by atoms with E-state index in [4.69, 9.17) is 14.9 Å². The topological polar surface area (TPSA) is 68.0 Å². The highest BCUT2D eigenvalue weighted by molar-refractivity contribution is 6.48. The second-order valence-electron chi connectivity index (χ2n) is 10.8. The number of anilines is 1. The van der Waals surface area contributed by atoms with E-state index in [1.807, 2.05) is 19.1 Å². The molecule has 0 aromatic heterocycles. The molecule has 1 aliphatic rings. The van der Waals surface area contributed by atoms with Gasteiger partial charge in [-0.05, 0) is 49.5 Å². The number of hydrogen-bond donors (Lipinski definition) is 1. The maximum absolute atomic E-state index is 11.9. The predicted octanol–water partition coefficient (Wildman–Crippen LogP) is 5.06. The van der Waals surface area contributed by atoms with Gasteiger partial charge in [-0.3, -0.25) is 9.69 Å². The molecule has 1 fully saturated rings. The van der Waals surface area contributed by atoms with Gasteiger partial charge < -0.3 is 19.8 Å². The molecule has 192 valence electrons. The minimum Gasteiger partial charge on any atom is -0.493 e. The molecule has 0 radical (unpaired) electrons. The molecule has 1 heterocycles. The zero-order chi connectivity index (χ0) is 25.8. The van der Waals surface area contributed by atoms with Gasteiger partial charge in [-0.1, -0.05) is 51.1 Å². The molecule has 6 nitrogen and oxygen atoms in total. The van der Waals surface area contributed by atoms with E-state index in [9.17, 15) is 4.79 Å². The predicted molar refractivity (Wildman–Crippen MR) is 147 cm³/mol. The first-order chi connectivity index (χ1) is 16.5. The van der Waals surface area contributed by atoms with Crippen LogP contribution < -0.4 is 15.4 Å². The van der Waals surface area contributed by atoms with Crippen molar-refractivity contribution in [1.82, 2.24) is 4.90 Å². The number of likely N-dealkylation sites (tertiary alicyclic amines) is 1. The summed E-state index contributed by atoms with van der Waals surface area (Å²) < 4.78 is 12.4. The summed E-state index contributed by atoms with van der Waals surface area (Å²) in [5.74, 6) is 0.543. The van der Waals surface area contributed by atoms with E-state index in [1.54, 1.807) is 6.07 Å². The smallest absolute Gasteiger partial charge is 0.252 e. The largest absolute Gasteiger partial charge is 0.493 e. The number of benzene rings is 2. The minimum absolute atomic E-state index is 0.101. The van der Waals surface area contributed by atoms with Crippen molar-refractivity contribution >= 4 is 20.6 Å². The number of primary amides is 1. The van der Waals surface area contributed by atoms with E-state index in [0.717, 1.165) is 25.2 Å². The minimum atomic E-state index is -1.22. The fourth-order valence-electron chi connectivity index (χ4n) is 5.08. The highest BCUT2D eigenvalue weighted by Gasteiger charge is 2.42. The molecular formula is C28H43N3O3Si. The molecular weight excluding hydrogens is 454 g/mol. The van der Waals surface area contributed by atoms with Crippen molar-refractivity contribution in [3.05, 3.63) is 59.7 Å². The quantitative estimate of drug-likeness (QED) is 0.465. The molecule has 3 atom stereocenters. The first-order valence-corrected chi connectivity index (χ1v) is 15.5. The average Bonchev–Trinajstić information content (AvgIpc) is 3.19. The van der Waals surface area contributed by atoms with Gasteiger partial charge in [0.1, 0.15) is 12.0 Å². The highest BCUT2D eigenvalue weighted by Crippen LogP contribution is 2.41. The van der Waals surface area contributed by atoms with Gasteiger partial charge in [0.25, 0.3) is 5.91 Å². The Morgan fingerprint density at radius 2 is 1.89 bits per heavy atom. The summed E-state index contributed by atoms with van der Waals surface area (Å²) >= 11 is 0. The van der Waals surface area contributed by atoms with E-state index in [1.165, 1.54) is 5.56 Å². The van der Waals surface area contributed by atoms with Crippen LogP contribution >= 0.6 is 0 Å². The molecule has 0 spiro atoms. The van der Waals surface area contributed by atoms with Crippen molar-refractivity contribution in [3.8, 4) is 5.75 Å². The van der Waals surface area contributed by atoms with Gasteiger partial charge in [0.2, 0.25) is 0 Å². The third-order valence-electron chi connectivity index (χ3n) is 6.95. The van der Waals surface area contributed by atoms with E-state index in [-0.39, 0.29) is 17.7 Å². The van der Waals surface area contributed by atoms with Gasteiger partial charge in [0.05, 0.1) is 18.2 Å². The number of nitrogens with zero attached hydrogens (tertiary/aromatic N) is 2. The Morgan fingerprint density at radius 3 is 2.46 bits per heavy atom. The molecule has 35 heavy (non-hydrogen) atoms. The van der Waals surface area contributed by atoms with E-state index >= 15 is 0 Å². The summed E-state index contributed by atoms with van der Waals surface area (Å²) in [6, 6.07) is 16.4. The van der Waals surface area contributed by atoms with Crippen molar-refractivity contribution in [2.45, 2.75) is 59.5 Å². The lowest BCUT2D eigenvalue weighted by molar-refractivity contribution is -0.00814.